The molecule has 0 aliphatic rings. The fraction of sp³-hybridized carbons (Fsp3) is 0.948. The van der Waals surface area contributed by atoms with E-state index in [2.05, 4.69) is 55.4 Å². The van der Waals surface area contributed by atoms with Crippen molar-refractivity contribution in [2.24, 2.45) is 23.7 Å². The van der Waals surface area contributed by atoms with Crippen molar-refractivity contribution in [1.82, 2.24) is 0 Å². The molecule has 0 amide bonds. The minimum Gasteiger partial charge on any atom is -0.462 e. The zero-order chi connectivity index (χ0) is 71.0. The fourth-order valence-corrected chi connectivity index (χ4v) is 13.2. The van der Waals surface area contributed by atoms with Crippen molar-refractivity contribution < 1.29 is 80.2 Å². The normalized spacial score (nSPS) is 14.7. The summed E-state index contributed by atoms with van der Waals surface area (Å²) in [5.74, 6) is 0.974. The first-order chi connectivity index (χ1) is 46.2. The molecule has 0 spiro atoms. The van der Waals surface area contributed by atoms with Gasteiger partial charge in [-0.15, -0.1) is 0 Å². The van der Waals surface area contributed by atoms with Crippen LogP contribution in [0.15, 0.2) is 0 Å². The number of carbonyl (C=O) groups is 4. The number of unbranched alkanes of at least 4 members (excludes halogenated alkanes) is 38. The van der Waals surface area contributed by atoms with Crippen LogP contribution in [0.4, 0.5) is 0 Å². The average molecular weight is 1410 g/mol. The second-order valence-electron chi connectivity index (χ2n) is 29.2. The number of carbonyl (C=O) groups excluding carboxylic acids is 4. The highest BCUT2D eigenvalue weighted by Crippen LogP contribution is 2.45. The minimum absolute atomic E-state index is 0.103. The lowest BCUT2D eigenvalue weighted by Crippen LogP contribution is -2.30. The van der Waals surface area contributed by atoms with Crippen molar-refractivity contribution in [3.63, 3.8) is 0 Å². The number of rotatable bonds is 74. The third-order valence-electron chi connectivity index (χ3n) is 18.5. The van der Waals surface area contributed by atoms with Gasteiger partial charge in [-0.3, -0.25) is 37.3 Å². The van der Waals surface area contributed by atoms with Gasteiger partial charge < -0.3 is 33.8 Å². The molecule has 96 heavy (non-hydrogen) atoms. The van der Waals surface area contributed by atoms with Crippen LogP contribution in [-0.4, -0.2) is 96.7 Å². The highest BCUT2D eigenvalue weighted by molar-refractivity contribution is 7.47. The first-order valence-corrected chi connectivity index (χ1v) is 42.8. The van der Waals surface area contributed by atoms with E-state index in [1.807, 2.05) is 0 Å². The molecule has 3 N–H and O–H groups in total. The molecule has 0 saturated heterocycles. The van der Waals surface area contributed by atoms with Crippen LogP contribution in [0.25, 0.3) is 0 Å². The largest absolute Gasteiger partial charge is 0.472 e. The third kappa shape index (κ3) is 67.9. The Morgan fingerprint density at radius 3 is 0.740 bits per heavy atom. The number of hydrogen-bond donors (Lipinski definition) is 3. The van der Waals surface area contributed by atoms with Crippen LogP contribution in [0.3, 0.4) is 0 Å². The molecule has 0 aliphatic heterocycles. The Kier molecular flexibility index (Phi) is 65.0. The van der Waals surface area contributed by atoms with Gasteiger partial charge >= 0.3 is 39.5 Å². The summed E-state index contributed by atoms with van der Waals surface area (Å²) in [6.45, 7) is 14.2. The summed E-state index contributed by atoms with van der Waals surface area (Å²) in [5, 5.41) is 10.6. The monoisotopic (exact) mass is 1410 g/mol. The Morgan fingerprint density at radius 1 is 0.292 bits per heavy atom. The van der Waals surface area contributed by atoms with Gasteiger partial charge in [0.05, 0.1) is 26.4 Å². The fourth-order valence-electron chi connectivity index (χ4n) is 11.7. The molecule has 0 heterocycles. The van der Waals surface area contributed by atoms with E-state index in [1.165, 1.54) is 186 Å². The van der Waals surface area contributed by atoms with E-state index >= 15 is 0 Å². The van der Waals surface area contributed by atoms with Crippen LogP contribution < -0.4 is 0 Å². The number of aliphatic hydroxyl groups is 1. The molecule has 19 heteroatoms. The number of hydrogen-bond acceptors (Lipinski definition) is 15. The van der Waals surface area contributed by atoms with Crippen molar-refractivity contribution in [2.45, 2.75) is 408 Å². The maximum atomic E-state index is 13.1. The molecule has 0 aromatic heterocycles. The Bertz CT molecular complexity index is 1890. The highest BCUT2D eigenvalue weighted by Gasteiger charge is 2.30. The predicted molar refractivity (Wildman–Crippen MR) is 391 cm³/mol. The lowest BCUT2D eigenvalue weighted by atomic mass is 9.99. The summed E-state index contributed by atoms with van der Waals surface area (Å²) >= 11 is 0. The molecule has 0 aromatic carbocycles. The van der Waals surface area contributed by atoms with Crippen molar-refractivity contribution in [2.75, 3.05) is 39.6 Å². The molecule has 0 radical (unpaired) electrons. The SMILES string of the molecule is CCC(C)CCCCCCCCCCCCCCCCC(=O)OC[C@H](COP(=O)(O)OCC(O)COP(=O)(O)OC[C@@H](COC(=O)CCCCCCCCCC(C)C)OC(=O)CCCCCCCCCCCCCCCCC(C)CC)OC(=O)CCCCCCCCCC(C)C. The van der Waals surface area contributed by atoms with E-state index in [9.17, 15) is 43.2 Å². The van der Waals surface area contributed by atoms with E-state index in [1.54, 1.807) is 0 Å². The van der Waals surface area contributed by atoms with E-state index in [0.717, 1.165) is 108 Å². The van der Waals surface area contributed by atoms with Crippen LogP contribution in [0.5, 0.6) is 0 Å². The molecule has 0 aliphatic carbocycles. The summed E-state index contributed by atoms with van der Waals surface area (Å²) in [5.41, 5.74) is 0. The Balaban J connectivity index is 5.18. The number of esters is 4. The highest BCUT2D eigenvalue weighted by atomic mass is 31.2. The van der Waals surface area contributed by atoms with Gasteiger partial charge in [0.15, 0.2) is 12.2 Å². The van der Waals surface area contributed by atoms with E-state index in [4.69, 9.17) is 37.0 Å². The third-order valence-corrected chi connectivity index (χ3v) is 20.4. The molecule has 0 bridgehead atoms. The molecule has 5 unspecified atom stereocenters. The standard InChI is InChI=1S/C77H150O17P2/c1-9-69(7)55-47-39-31-23-19-15-11-13-17-21-25-33-41-49-57-74(79)87-63-73(94-77(82)60-52-44-36-28-30-38-46-54-68(5)6)66-92-96(85,86)90-62-71(78)61-89-95(83,84)91-65-72(64-88-75(80)58-50-42-35-27-29-37-45-53-67(3)4)93-76(81)59-51-43-34-26-22-18-14-12-16-20-24-32-40-48-56-70(8)10-2/h67-73,78H,9-66H2,1-8H3,(H,83,84)(H,85,86)/t69?,70?,71?,72-,73-/m1/s1. The van der Waals surface area contributed by atoms with Gasteiger partial charge in [0.2, 0.25) is 0 Å². The maximum Gasteiger partial charge on any atom is 0.472 e. The summed E-state index contributed by atoms with van der Waals surface area (Å²) in [6, 6.07) is 0. The van der Waals surface area contributed by atoms with Gasteiger partial charge in [-0.25, -0.2) is 9.13 Å². The second-order valence-corrected chi connectivity index (χ2v) is 32.1. The van der Waals surface area contributed by atoms with Crippen LogP contribution in [0, 0.1) is 23.7 Å². The lowest BCUT2D eigenvalue weighted by Gasteiger charge is -2.21. The molecule has 0 aromatic rings. The van der Waals surface area contributed by atoms with Crippen molar-refractivity contribution in [3.05, 3.63) is 0 Å². The van der Waals surface area contributed by atoms with Gasteiger partial charge in [-0.1, -0.05) is 338 Å². The average Bonchev–Trinajstić information content (AvgIpc) is 1.67. The number of phosphoric ester groups is 2. The minimum atomic E-state index is -4.96. The van der Waals surface area contributed by atoms with Gasteiger partial charge in [0.25, 0.3) is 0 Å². The summed E-state index contributed by atoms with van der Waals surface area (Å²) in [6.07, 6.45) is 51.5. The smallest absolute Gasteiger partial charge is 0.462 e. The zero-order valence-corrected chi connectivity index (χ0v) is 64.8. The van der Waals surface area contributed by atoms with Gasteiger partial charge in [-0.2, -0.15) is 0 Å². The second kappa shape index (κ2) is 66.3. The Labute approximate surface area is 588 Å². The van der Waals surface area contributed by atoms with Crippen molar-refractivity contribution in [3.8, 4) is 0 Å². The number of phosphoric acid groups is 2. The van der Waals surface area contributed by atoms with Crippen LogP contribution in [-0.2, 0) is 65.4 Å². The molecule has 0 fully saturated rings. The molecular formula is C77H150O17P2. The summed E-state index contributed by atoms with van der Waals surface area (Å²) in [4.78, 5) is 72.8. The van der Waals surface area contributed by atoms with Gasteiger partial charge in [0.1, 0.15) is 19.3 Å². The molecule has 17 nitrogen and oxygen atoms in total. The quantitative estimate of drug-likeness (QED) is 0.0222. The lowest BCUT2D eigenvalue weighted by molar-refractivity contribution is -0.161. The Hall–Kier alpha value is -1.94. The van der Waals surface area contributed by atoms with Crippen molar-refractivity contribution in [1.29, 1.82) is 0 Å². The van der Waals surface area contributed by atoms with E-state index in [0.29, 0.717) is 37.5 Å². The topological polar surface area (TPSA) is 237 Å². The summed E-state index contributed by atoms with van der Waals surface area (Å²) < 4.78 is 68.5. The molecule has 0 saturated carbocycles. The van der Waals surface area contributed by atoms with Crippen LogP contribution >= 0.6 is 15.6 Å². The predicted octanol–water partition coefficient (Wildman–Crippen LogP) is 22.4. The summed E-state index contributed by atoms with van der Waals surface area (Å²) in [7, 11) is -9.91. The first-order valence-electron chi connectivity index (χ1n) is 39.8. The Morgan fingerprint density at radius 2 is 0.500 bits per heavy atom. The molecular weight excluding hydrogens is 1260 g/mol. The van der Waals surface area contributed by atoms with Gasteiger partial charge in [-0.05, 0) is 49.4 Å². The first kappa shape index (κ1) is 94.1. The number of ether oxygens (including phenoxy) is 4. The van der Waals surface area contributed by atoms with E-state index < -0.39 is 97.5 Å². The van der Waals surface area contributed by atoms with Crippen molar-refractivity contribution >= 4 is 39.5 Å². The van der Waals surface area contributed by atoms with Crippen LogP contribution in [0.1, 0.15) is 389 Å². The zero-order valence-electron chi connectivity index (χ0n) is 63.0. The molecule has 570 valence electrons. The van der Waals surface area contributed by atoms with E-state index in [-0.39, 0.29) is 25.7 Å². The molecule has 0 rings (SSSR count). The van der Waals surface area contributed by atoms with Crippen LogP contribution in [0.2, 0.25) is 0 Å². The maximum absolute atomic E-state index is 13.1. The number of aliphatic hydroxyl groups excluding tert-OH is 1. The molecule has 7 atom stereocenters. The van der Waals surface area contributed by atoms with Gasteiger partial charge in [0, 0.05) is 25.7 Å².